The Hall–Kier alpha value is -0.630. The molecule has 1 unspecified atom stereocenters. The number of hydrogen-bond acceptors (Lipinski definition) is 4. The van der Waals surface area contributed by atoms with E-state index in [1.54, 1.807) is 12.1 Å². The van der Waals surface area contributed by atoms with Gasteiger partial charge in [0.25, 0.3) is 0 Å². The Morgan fingerprint density at radius 1 is 1.50 bits per heavy atom. The van der Waals surface area contributed by atoms with E-state index < -0.39 is 16.1 Å². The molecule has 5 nitrogen and oxygen atoms in total. The van der Waals surface area contributed by atoms with Crippen LogP contribution in [0.2, 0.25) is 0 Å². The lowest BCUT2D eigenvalue weighted by Gasteiger charge is -2.20. The third kappa shape index (κ3) is 3.44. The van der Waals surface area contributed by atoms with Crippen molar-refractivity contribution >= 4 is 26.0 Å². The van der Waals surface area contributed by atoms with Crippen LogP contribution in [0.15, 0.2) is 27.6 Å². The number of nitrogens with zero attached hydrogens (tertiary/aromatic N) is 1. The summed E-state index contributed by atoms with van der Waals surface area (Å²) in [4.78, 5) is 0.0718. The zero-order valence-corrected chi connectivity index (χ0v) is 12.8. The molecular formula is C11H16BrNO4S. The largest absolute Gasteiger partial charge is 0.495 e. The van der Waals surface area contributed by atoms with Crippen molar-refractivity contribution in [1.82, 2.24) is 4.31 Å². The number of sulfonamides is 1. The minimum absolute atomic E-state index is 0.0258. The molecule has 18 heavy (non-hydrogen) atoms. The molecule has 0 aliphatic heterocycles. The van der Waals surface area contributed by atoms with E-state index in [9.17, 15) is 13.5 Å². The molecule has 0 aliphatic rings. The van der Waals surface area contributed by atoms with E-state index in [4.69, 9.17) is 4.74 Å². The number of likely N-dealkylation sites (N-methyl/N-ethyl adjacent to an activating group) is 1. The fraction of sp³-hybridized carbons (Fsp3) is 0.455. The van der Waals surface area contributed by atoms with Crippen LogP contribution in [0.5, 0.6) is 5.75 Å². The molecule has 0 bridgehead atoms. The number of benzene rings is 1. The standard InChI is InChI=1S/C11H16BrNO4S/c1-8(14)7-13(2)18(15,16)11-6-9(12)4-5-10(11)17-3/h4-6,8,14H,7H2,1-3H3. The highest BCUT2D eigenvalue weighted by atomic mass is 79.9. The molecule has 0 fully saturated rings. The fourth-order valence-electron chi connectivity index (χ4n) is 1.49. The highest BCUT2D eigenvalue weighted by Crippen LogP contribution is 2.29. The maximum atomic E-state index is 12.3. The summed E-state index contributed by atoms with van der Waals surface area (Å²) in [7, 11) is -0.848. The van der Waals surface area contributed by atoms with E-state index in [1.807, 2.05) is 0 Å². The van der Waals surface area contributed by atoms with Gasteiger partial charge in [-0.3, -0.25) is 0 Å². The van der Waals surface area contributed by atoms with Crippen molar-refractivity contribution < 1.29 is 18.3 Å². The zero-order chi connectivity index (χ0) is 13.9. The smallest absolute Gasteiger partial charge is 0.246 e. The lowest BCUT2D eigenvalue weighted by molar-refractivity contribution is 0.171. The SMILES string of the molecule is COc1ccc(Br)cc1S(=O)(=O)N(C)CC(C)O. The average Bonchev–Trinajstić information content (AvgIpc) is 2.28. The topological polar surface area (TPSA) is 66.8 Å². The minimum atomic E-state index is -3.68. The van der Waals surface area contributed by atoms with Gasteiger partial charge in [0.15, 0.2) is 0 Å². The summed E-state index contributed by atoms with van der Waals surface area (Å²) in [6.07, 6.45) is -0.733. The first kappa shape index (κ1) is 15.4. The second-order valence-corrected chi connectivity index (χ2v) is 6.86. The predicted octanol–water partition coefficient (Wildman–Crippen LogP) is 1.46. The van der Waals surface area contributed by atoms with Crippen LogP contribution in [0.25, 0.3) is 0 Å². The first-order valence-electron chi connectivity index (χ1n) is 5.27. The summed E-state index contributed by atoms with van der Waals surface area (Å²) in [5, 5.41) is 9.27. The van der Waals surface area contributed by atoms with Crippen molar-refractivity contribution in [3.05, 3.63) is 22.7 Å². The molecule has 0 heterocycles. The van der Waals surface area contributed by atoms with E-state index in [1.165, 1.54) is 27.1 Å². The summed E-state index contributed by atoms with van der Waals surface area (Å²) in [5.41, 5.74) is 0. The van der Waals surface area contributed by atoms with Gasteiger partial charge in [0.1, 0.15) is 10.6 Å². The van der Waals surface area contributed by atoms with Gasteiger partial charge in [0, 0.05) is 18.1 Å². The van der Waals surface area contributed by atoms with Crippen molar-refractivity contribution in [3.63, 3.8) is 0 Å². The minimum Gasteiger partial charge on any atom is -0.495 e. The van der Waals surface area contributed by atoms with Crippen LogP contribution >= 0.6 is 15.9 Å². The van der Waals surface area contributed by atoms with E-state index in [2.05, 4.69) is 15.9 Å². The molecule has 102 valence electrons. The molecule has 1 aromatic rings. The van der Waals surface area contributed by atoms with Crippen molar-refractivity contribution in [3.8, 4) is 5.75 Å². The molecule has 0 aliphatic carbocycles. The molecule has 0 spiro atoms. The molecule has 0 aromatic heterocycles. The van der Waals surface area contributed by atoms with E-state index >= 15 is 0 Å². The van der Waals surface area contributed by atoms with Crippen molar-refractivity contribution in [2.75, 3.05) is 20.7 Å². The van der Waals surface area contributed by atoms with Gasteiger partial charge < -0.3 is 9.84 Å². The quantitative estimate of drug-likeness (QED) is 0.883. The molecule has 1 rings (SSSR count). The molecular weight excluding hydrogens is 322 g/mol. The molecule has 1 N–H and O–H groups in total. The molecule has 0 saturated heterocycles. The Morgan fingerprint density at radius 3 is 2.61 bits per heavy atom. The van der Waals surface area contributed by atoms with E-state index in [0.717, 1.165) is 4.31 Å². The predicted molar refractivity (Wildman–Crippen MR) is 72.2 cm³/mol. The van der Waals surface area contributed by atoms with Gasteiger partial charge >= 0.3 is 0 Å². The maximum Gasteiger partial charge on any atom is 0.246 e. The van der Waals surface area contributed by atoms with Gasteiger partial charge in [-0.15, -0.1) is 0 Å². The lowest BCUT2D eigenvalue weighted by Crippen LogP contribution is -2.33. The van der Waals surface area contributed by atoms with Gasteiger partial charge in [0.05, 0.1) is 13.2 Å². The summed E-state index contributed by atoms with van der Waals surface area (Å²) < 4.78 is 31.4. The van der Waals surface area contributed by atoms with Crippen LogP contribution in [0.4, 0.5) is 0 Å². The van der Waals surface area contributed by atoms with Crippen LogP contribution in [-0.2, 0) is 10.0 Å². The number of aliphatic hydroxyl groups excluding tert-OH is 1. The molecule has 0 radical (unpaired) electrons. The zero-order valence-electron chi connectivity index (χ0n) is 10.4. The number of methoxy groups -OCH3 is 1. The summed E-state index contributed by atoms with van der Waals surface area (Å²) in [6.45, 7) is 1.56. The van der Waals surface area contributed by atoms with E-state index in [-0.39, 0.29) is 17.2 Å². The Labute approximate surface area is 116 Å². The first-order valence-corrected chi connectivity index (χ1v) is 7.50. The van der Waals surface area contributed by atoms with Crippen molar-refractivity contribution in [2.24, 2.45) is 0 Å². The molecule has 1 atom stereocenters. The summed E-state index contributed by atoms with van der Waals surface area (Å²) in [5.74, 6) is 0.274. The number of aliphatic hydroxyl groups is 1. The summed E-state index contributed by atoms with van der Waals surface area (Å²) >= 11 is 3.23. The fourth-order valence-corrected chi connectivity index (χ4v) is 3.43. The molecule has 7 heteroatoms. The van der Waals surface area contributed by atoms with Crippen LogP contribution < -0.4 is 4.74 Å². The normalized spacial score (nSPS) is 13.7. The molecule has 0 saturated carbocycles. The number of hydrogen-bond donors (Lipinski definition) is 1. The highest BCUT2D eigenvalue weighted by Gasteiger charge is 2.25. The molecule has 0 amide bonds. The number of ether oxygens (including phenoxy) is 1. The van der Waals surface area contributed by atoms with Gasteiger partial charge in [-0.05, 0) is 25.1 Å². The van der Waals surface area contributed by atoms with Crippen LogP contribution in [0.1, 0.15) is 6.92 Å². The second-order valence-electron chi connectivity index (χ2n) is 3.93. The van der Waals surface area contributed by atoms with Crippen molar-refractivity contribution in [2.45, 2.75) is 17.9 Å². The van der Waals surface area contributed by atoms with Gasteiger partial charge in [0.2, 0.25) is 10.0 Å². The molecule has 1 aromatic carbocycles. The second kappa shape index (κ2) is 6.01. The Bertz CT molecular complexity index is 516. The van der Waals surface area contributed by atoms with E-state index in [0.29, 0.717) is 4.47 Å². The third-order valence-electron chi connectivity index (χ3n) is 2.34. The lowest BCUT2D eigenvalue weighted by atomic mass is 10.3. The van der Waals surface area contributed by atoms with Crippen molar-refractivity contribution in [1.29, 1.82) is 0 Å². The monoisotopic (exact) mass is 337 g/mol. The number of halogens is 1. The highest BCUT2D eigenvalue weighted by molar-refractivity contribution is 9.10. The van der Waals surface area contributed by atoms with Crippen LogP contribution in [0, 0.1) is 0 Å². The Morgan fingerprint density at radius 2 is 2.11 bits per heavy atom. The first-order chi connectivity index (χ1) is 8.28. The Kier molecular flexibility index (Phi) is 5.15. The van der Waals surface area contributed by atoms with Gasteiger partial charge in [-0.2, -0.15) is 4.31 Å². The van der Waals surface area contributed by atoms with Gasteiger partial charge in [-0.25, -0.2) is 8.42 Å². The summed E-state index contributed by atoms with van der Waals surface area (Å²) in [6, 6.07) is 4.76. The maximum absolute atomic E-state index is 12.3. The van der Waals surface area contributed by atoms with Gasteiger partial charge in [-0.1, -0.05) is 15.9 Å². The van der Waals surface area contributed by atoms with Crippen LogP contribution in [-0.4, -0.2) is 44.6 Å². The Balaban J connectivity index is 3.23. The van der Waals surface area contributed by atoms with Crippen LogP contribution in [0.3, 0.4) is 0 Å². The number of rotatable bonds is 5. The average molecular weight is 338 g/mol. The third-order valence-corrected chi connectivity index (χ3v) is 4.67.